The van der Waals surface area contributed by atoms with E-state index in [0.29, 0.717) is 60.2 Å². The molecule has 1 aromatic heterocycles. The molecule has 0 atom stereocenters. The number of benzene rings is 11. The van der Waals surface area contributed by atoms with Crippen molar-refractivity contribution >= 4 is 75.8 Å². The Bertz CT molecular complexity index is 4690. The number of fused-ring (bicyclic) bond motifs is 8. The molecule has 1 heterocycles. The van der Waals surface area contributed by atoms with Crippen LogP contribution in [0.1, 0.15) is 38.5 Å². The summed E-state index contributed by atoms with van der Waals surface area (Å²) < 4.78 is 185. The fourth-order valence-electron chi connectivity index (χ4n) is 8.34. The maximum atomic E-state index is 9.80. The molecule has 0 saturated carbocycles. The lowest BCUT2D eigenvalue weighted by Crippen LogP contribution is -1.97. The zero-order valence-electron chi connectivity index (χ0n) is 50.2. The molecule has 12 aromatic rings. The van der Waals surface area contributed by atoms with Gasteiger partial charge in [-0.2, -0.15) is 0 Å². The average Bonchev–Trinajstić information content (AvgIpc) is 3.94. The Labute approximate surface area is 364 Å². The molecule has 0 radical (unpaired) electrons. The van der Waals surface area contributed by atoms with E-state index in [-0.39, 0.29) is 66.6 Å². The fraction of sp³-hybridized carbons (Fsp3) is 0.0175. The second-order valence-corrected chi connectivity index (χ2v) is 14.0. The minimum Gasteiger partial charge on any atom is -0.456 e. The Morgan fingerprint density at radius 3 is 1.55 bits per heavy atom. The van der Waals surface area contributed by atoms with Crippen molar-refractivity contribution in [3.8, 4) is 33.4 Å². The van der Waals surface area contributed by atoms with Gasteiger partial charge in [0.05, 0.1) is 27.4 Å². The Morgan fingerprint density at radius 1 is 0.379 bits per heavy atom. The van der Waals surface area contributed by atoms with E-state index in [2.05, 4.69) is 0 Å². The summed E-state index contributed by atoms with van der Waals surface area (Å²) in [5.41, 5.74) is 2.40. The topological polar surface area (TPSA) is 13.1 Å². The van der Waals surface area contributed by atoms with Gasteiger partial charge in [-0.3, -0.25) is 0 Å². The normalized spacial score (nSPS) is 16.7. The monoisotopic (exact) mass is 756 g/mol. The summed E-state index contributed by atoms with van der Waals surface area (Å²) >= 11 is 0. The van der Waals surface area contributed by atoms with E-state index < -0.39 is 121 Å². The third-order valence-corrected chi connectivity index (χ3v) is 10.9. The maximum Gasteiger partial charge on any atom is 0.135 e. The highest BCUT2D eigenvalue weighted by molar-refractivity contribution is 6.21. The molecule has 12 rings (SSSR count). The summed E-state index contributed by atoms with van der Waals surface area (Å²) in [6, 6.07) is 13.8. The molecule has 58 heavy (non-hydrogen) atoms. The summed E-state index contributed by atoms with van der Waals surface area (Å²) in [6.45, 7) is 0. The highest BCUT2D eigenvalue weighted by Gasteiger charge is 2.20. The van der Waals surface area contributed by atoms with Crippen molar-refractivity contribution < 1.29 is 31.8 Å². The minimum atomic E-state index is -0.588. The minimum absolute atomic E-state index is 0.00440. The molecule has 0 spiro atoms. The first-order valence-electron chi connectivity index (χ1n) is 28.5. The second kappa shape index (κ2) is 13.0. The van der Waals surface area contributed by atoms with Gasteiger partial charge in [0.15, 0.2) is 0 Å². The summed E-state index contributed by atoms with van der Waals surface area (Å²) in [5.74, 6) is 0. The molecule has 270 valence electrons. The van der Waals surface area contributed by atoms with Gasteiger partial charge in [0.25, 0.3) is 0 Å². The predicted octanol–water partition coefficient (Wildman–Crippen LogP) is 15.9. The first kappa shape index (κ1) is 18.6. The van der Waals surface area contributed by atoms with Gasteiger partial charge in [-0.05, 0) is 129 Å². The molecule has 0 fully saturated rings. The Kier molecular flexibility index (Phi) is 4.19. The van der Waals surface area contributed by atoms with Crippen LogP contribution in [-0.2, 0) is 6.42 Å². The molecule has 1 heteroatoms. The highest BCUT2D eigenvalue weighted by atomic mass is 16.3. The van der Waals surface area contributed by atoms with Gasteiger partial charge < -0.3 is 4.42 Å². The first-order chi connectivity index (χ1) is 37.1. The summed E-state index contributed by atoms with van der Waals surface area (Å²) in [7, 11) is 0. The van der Waals surface area contributed by atoms with E-state index in [1.165, 1.54) is 0 Å². The number of rotatable bonds is 5. The fourth-order valence-corrected chi connectivity index (χ4v) is 8.34. The van der Waals surface area contributed by atoms with Crippen molar-refractivity contribution in [3.63, 3.8) is 0 Å². The van der Waals surface area contributed by atoms with E-state index in [9.17, 15) is 6.85 Å². The smallest absolute Gasteiger partial charge is 0.135 e. The third-order valence-electron chi connectivity index (χ3n) is 10.9. The van der Waals surface area contributed by atoms with E-state index in [1.807, 2.05) is 0 Å². The molecule has 0 N–H and O–H groups in total. The van der Waals surface area contributed by atoms with Crippen LogP contribution in [-0.4, -0.2) is 0 Å². The second-order valence-electron chi connectivity index (χ2n) is 14.0. The van der Waals surface area contributed by atoms with Crippen LogP contribution in [0.4, 0.5) is 0 Å². The van der Waals surface area contributed by atoms with Crippen molar-refractivity contribution in [2.75, 3.05) is 0 Å². The Hall–Kier alpha value is -7.48. The van der Waals surface area contributed by atoms with E-state index in [4.69, 9.17) is 25.0 Å². The Balaban J connectivity index is 1.15. The SMILES string of the molecule is [2H]c1c([2H])c([2H])c2c(Cc3c4ccccc4c(-c4c([2H])c([2H])c([2H])c5c([2H])c([2H])c([2H])c(-c6ccc7oc8ccc(-c9c([2H])c([2H])c([2H])c%10c([2H])c([2H])c([2H])c([2H])c9%10)cc8c7c6)c45)c4ccccc34)c([2H])c([2H])c([2H])c2c1[2H]. The van der Waals surface area contributed by atoms with Crippen LogP contribution in [0.2, 0.25) is 0 Å². The number of furan rings is 1. The zero-order chi connectivity index (χ0) is 55.6. The molecule has 0 aliphatic rings. The number of hydrogen-bond donors (Lipinski definition) is 0. The molecular weight excluding hydrogens is 701 g/mol. The lowest BCUT2D eigenvalue weighted by atomic mass is 9.83. The molecule has 11 aromatic carbocycles. The van der Waals surface area contributed by atoms with Crippen LogP contribution in [0.3, 0.4) is 0 Å². The maximum absolute atomic E-state index is 9.80. The molecule has 0 saturated heterocycles. The molecule has 1 nitrogen and oxygen atoms in total. The lowest BCUT2D eigenvalue weighted by molar-refractivity contribution is 0.669. The first-order valence-corrected chi connectivity index (χ1v) is 18.5. The number of hydrogen-bond acceptors (Lipinski definition) is 1. The van der Waals surface area contributed by atoms with Crippen molar-refractivity contribution in [3.05, 3.63) is 217 Å². The molecule has 0 unspecified atom stereocenters. The summed E-state index contributed by atoms with van der Waals surface area (Å²) in [5, 5.41) is 2.26. The van der Waals surface area contributed by atoms with Gasteiger partial charge in [0, 0.05) is 10.8 Å². The van der Waals surface area contributed by atoms with Crippen molar-refractivity contribution in [2.45, 2.75) is 6.42 Å². The summed E-state index contributed by atoms with van der Waals surface area (Å²) in [6.07, 6.45) is -0.150. The van der Waals surface area contributed by atoms with E-state index >= 15 is 0 Å². The third kappa shape index (κ3) is 5.10. The van der Waals surface area contributed by atoms with Gasteiger partial charge in [0.1, 0.15) is 11.2 Å². The van der Waals surface area contributed by atoms with Crippen LogP contribution in [0.5, 0.6) is 0 Å². The van der Waals surface area contributed by atoms with Gasteiger partial charge in [-0.25, -0.2) is 0 Å². The van der Waals surface area contributed by atoms with Crippen LogP contribution in [0.25, 0.3) is 109 Å². The van der Waals surface area contributed by atoms with Crippen molar-refractivity contribution in [2.24, 2.45) is 0 Å². The zero-order valence-corrected chi connectivity index (χ0v) is 30.2. The Morgan fingerprint density at radius 2 is 0.879 bits per heavy atom. The van der Waals surface area contributed by atoms with Crippen LogP contribution >= 0.6 is 0 Å². The van der Waals surface area contributed by atoms with Gasteiger partial charge in [0.2, 0.25) is 0 Å². The van der Waals surface area contributed by atoms with Crippen LogP contribution in [0, 0.1) is 0 Å². The quantitative estimate of drug-likeness (QED) is 0.159. The van der Waals surface area contributed by atoms with Crippen LogP contribution in [0.15, 0.2) is 210 Å². The molecule has 0 bridgehead atoms. The standard InChI is InChI=1S/C57H36O/c1-3-20-42-36(13-1)15-9-19-39(42)33-51-46-22-5-7-24-48(46)57(49-25-8-6-23-47(49)51)50-28-12-18-38-17-11-27-45(56(38)50)41-30-32-55-53(35-41)52-34-40(29-31-54(52)58-55)44-26-10-16-37-14-2-4-21-43(37)44/h1-32,34-35H,33H2/i1D,2D,3D,4D,9D,10D,11D,12D,13D,14D,15D,16D,17D,18D,19D,20D,21D,26D,27D,28D. The largest absolute Gasteiger partial charge is 0.456 e. The van der Waals surface area contributed by atoms with Gasteiger partial charge in [-0.1, -0.05) is 182 Å². The lowest BCUT2D eigenvalue weighted by Gasteiger charge is -2.20. The molecule has 0 amide bonds. The van der Waals surface area contributed by atoms with Crippen LogP contribution < -0.4 is 0 Å². The van der Waals surface area contributed by atoms with E-state index in [0.717, 1.165) is 0 Å². The highest BCUT2D eigenvalue weighted by Crippen LogP contribution is 2.46. The molecule has 0 aliphatic carbocycles. The van der Waals surface area contributed by atoms with Crippen molar-refractivity contribution in [1.29, 1.82) is 0 Å². The van der Waals surface area contributed by atoms with Gasteiger partial charge >= 0.3 is 0 Å². The molecular formula is C57H36O. The van der Waals surface area contributed by atoms with Gasteiger partial charge in [-0.15, -0.1) is 0 Å². The summed E-state index contributed by atoms with van der Waals surface area (Å²) in [4.78, 5) is 0. The molecule has 0 aliphatic heterocycles. The predicted molar refractivity (Wildman–Crippen MR) is 247 cm³/mol. The van der Waals surface area contributed by atoms with Crippen molar-refractivity contribution in [1.82, 2.24) is 0 Å². The van der Waals surface area contributed by atoms with E-state index in [1.54, 1.807) is 84.9 Å². The average molecular weight is 757 g/mol.